The van der Waals surface area contributed by atoms with Crippen LogP contribution in [0.4, 0.5) is 5.69 Å². The van der Waals surface area contributed by atoms with Crippen molar-refractivity contribution < 1.29 is 13.0 Å². The van der Waals surface area contributed by atoms with Gasteiger partial charge in [0.1, 0.15) is 6.26 Å². The van der Waals surface area contributed by atoms with Crippen molar-refractivity contribution in [3.63, 3.8) is 0 Å². The molecule has 1 aromatic carbocycles. The minimum absolute atomic E-state index is 0.164. The summed E-state index contributed by atoms with van der Waals surface area (Å²) < 4.78 is 39.5. The molecule has 1 unspecified atom stereocenters. The van der Waals surface area contributed by atoms with Gasteiger partial charge in [0, 0.05) is 23.3 Å². The molecule has 1 fully saturated rings. The van der Waals surface area contributed by atoms with Gasteiger partial charge in [0.15, 0.2) is 0 Å². The van der Waals surface area contributed by atoms with Gasteiger partial charge in [-0.15, -0.1) is 0 Å². The quantitative estimate of drug-likeness (QED) is 0.649. The molecule has 0 aliphatic carbocycles. The summed E-state index contributed by atoms with van der Waals surface area (Å²) in [6.07, 6.45) is 3.75. The highest BCUT2D eigenvalue weighted by molar-refractivity contribution is 7.93. The average molecular weight is 376 g/mol. The predicted molar refractivity (Wildman–Crippen MR) is 96.5 cm³/mol. The van der Waals surface area contributed by atoms with Crippen LogP contribution in [0.25, 0.3) is 16.8 Å². The van der Waals surface area contributed by atoms with Crippen molar-refractivity contribution in [3.05, 3.63) is 42.6 Å². The number of benzene rings is 1. The van der Waals surface area contributed by atoms with Crippen molar-refractivity contribution in [3.8, 4) is 11.3 Å². The number of fused-ring (bicyclic) bond motifs is 1. The minimum atomic E-state index is -3.29. The first kappa shape index (κ1) is 16.4. The van der Waals surface area contributed by atoms with Crippen molar-refractivity contribution in [1.29, 1.82) is 0 Å². The predicted octanol–water partition coefficient (Wildman–Crippen LogP) is 1.67. The van der Waals surface area contributed by atoms with Crippen LogP contribution in [0.5, 0.6) is 0 Å². The summed E-state index contributed by atoms with van der Waals surface area (Å²) in [4.78, 5) is 4.10. The first-order chi connectivity index (χ1) is 12.0. The molecule has 4 rings (SSSR count). The summed E-state index contributed by atoms with van der Waals surface area (Å²) in [5.41, 5.74) is 2.89. The smallest absolute Gasteiger partial charge is 0.359 e. The van der Waals surface area contributed by atoms with E-state index in [1.54, 1.807) is 16.8 Å². The molecule has 7 nitrogen and oxygen atoms in total. The third kappa shape index (κ3) is 2.78. The van der Waals surface area contributed by atoms with E-state index in [-0.39, 0.29) is 10.9 Å². The van der Waals surface area contributed by atoms with E-state index >= 15 is 0 Å². The van der Waals surface area contributed by atoms with Gasteiger partial charge in [-0.1, -0.05) is 23.3 Å². The highest BCUT2D eigenvalue weighted by atomic mass is 32.2. The van der Waals surface area contributed by atoms with E-state index in [2.05, 4.69) is 10.1 Å². The Morgan fingerprint density at radius 1 is 1.20 bits per heavy atom. The van der Waals surface area contributed by atoms with Crippen LogP contribution in [-0.4, -0.2) is 46.1 Å². The zero-order valence-electron chi connectivity index (χ0n) is 13.5. The molecular weight excluding hydrogens is 360 g/mol. The number of hydrogen-bond acceptors (Lipinski definition) is 5. The van der Waals surface area contributed by atoms with Gasteiger partial charge in [-0.2, -0.15) is 4.98 Å². The van der Waals surface area contributed by atoms with Crippen LogP contribution in [0.15, 0.2) is 47.8 Å². The molecular formula is C16H16N4O3S2. The molecule has 1 atom stereocenters. The van der Waals surface area contributed by atoms with Gasteiger partial charge in [0.2, 0.25) is 10.0 Å². The van der Waals surface area contributed by atoms with Crippen LogP contribution in [-0.2, 0) is 21.2 Å². The van der Waals surface area contributed by atoms with E-state index in [1.807, 2.05) is 30.3 Å². The number of aromatic nitrogens is 3. The van der Waals surface area contributed by atoms with Crippen molar-refractivity contribution in [1.82, 2.24) is 14.6 Å². The monoisotopic (exact) mass is 376 g/mol. The van der Waals surface area contributed by atoms with Crippen molar-refractivity contribution >= 4 is 32.4 Å². The van der Waals surface area contributed by atoms with Crippen LogP contribution >= 0.6 is 0 Å². The van der Waals surface area contributed by atoms with Crippen molar-refractivity contribution in [2.75, 3.05) is 22.9 Å². The van der Waals surface area contributed by atoms with Gasteiger partial charge in [-0.05, 0) is 24.6 Å². The lowest BCUT2D eigenvalue weighted by Gasteiger charge is -2.20. The second-order valence-corrected chi connectivity index (χ2v) is 9.10. The molecule has 130 valence electrons. The molecule has 0 spiro atoms. The fourth-order valence-corrected chi connectivity index (χ4v) is 5.02. The number of rotatable bonds is 3. The van der Waals surface area contributed by atoms with E-state index in [4.69, 9.17) is 0 Å². The standard InChI is InChI=1S/C16H16N4O3S2/c1-24(21)16-17-11-12-7-8-15(20(12)18-16)13-5-2-3-6-14(13)19-9-4-10-25(19,22)23/h2-3,5-8,11H,4,9-10H2,1H3. The lowest BCUT2D eigenvalue weighted by Crippen LogP contribution is -2.25. The number of hydrogen-bond donors (Lipinski definition) is 0. The fraction of sp³-hybridized carbons (Fsp3) is 0.250. The van der Waals surface area contributed by atoms with Gasteiger partial charge in [0.05, 0.1) is 28.8 Å². The lowest BCUT2D eigenvalue weighted by molar-refractivity contribution is 0.586. The molecule has 3 heterocycles. The molecule has 0 radical (unpaired) electrons. The zero-order chi connectivity index (χ0) is 17.6. The van der Waals surface area contributed by atoms with Gasteiger partial charge in [0.25, 0.3) is 0 Å². The Hall–Kier alpha value is -2.10. The Bertz CT molecular complexity index is 1050. The Kier molecular flexibility index (Phi) is 3.94. The van der Waals surface area contributed by atoms with E-state index < -0.39 is 21.2 Å². The maximum Gasteiger partial charge on any atom is 0.359 e. The molecule has 0 amide bonds. The summed E-state index contributed by atoms with van der Waals surface area (Å²) in [7, 11) is -3.29. The average Bonchev–Trinajstić information content (AvgIpc) is 3.16. The van der Waals surface area contributed by atoms with Crippen LogP contribution < -0.4 is 4.31 Å². The minimum Gasteiger partial charge on any atom is -0.609 e. The van der Waals surface area contributed by atoms with Gasteiger partial charge in [-0.3, -0.25) is 4.31 Å². The van der Waals surface area contributed by atoms with E-state index in [9.17, 15) is 13.0 Å². The SMILES string of the molecule is C[S+]([O-])c1ncc2ccc(-c3ccccc3N3CCCS3(=O)=O)n2n1. The summed E-state index contributed by atoms with van der Waals surface area (Å²) in [6, 6.07) is 11.1. The zero-order valence-corrected chi connectivity index (χ0v) is 15.1. The molecule has 25 heavy (non-hydrogen) atoms. The Morgan fingerprint density at radius 3 is 2.72 bits per heavy atom. The van der Waals surface area contributed by atoms with Crippen LogP contribution in [0, 0.1) is 0 Å². The number of para-hydroxylation sites is 1. The molecule has 9 heteroatoms. The molecule has 2 aromatic heterocycles. The van der Waals surface area contributed by atoms with Gasteiger partial charge >= 0.3 is 5.16 Å². The van der Waals surface area contributed by atoms with Crippen LogP contribution in [0.2, 0.25) is 0 Å². The first-order valence-corrected chi connectivity index (χ1v) is 10.9. The maximum atomic E-state index is 12.3. The molecule has 0 bridgehead atoms. The summed E-state index contributed by atoms with van der Waals surface area (Å²) in [5, 5.41) is 4.59. The molecule has 1 aliphatic heterocycles. The highest BCUT2D eigenvalue weighted by Gasteiger charge is 2.30. The third-order valence-electron chi connectivity index (χ3n) is 4.18. The van der Waals surface area contributed by atoms with E-state index in [0.29, 0.717) is 18.7 Å². The second-order valence-electron chi connectivity index (χ2n) is 5.81. The normalized spacial score (nSPS) is 17.9. The number of sulfonamides is 1. The third-order valence-corrected chi connectivity index (χ3v) is 6.74. The summed E-state index contributed by atoms with van der Waals surface area (Å²) >= 11 is -1.30. The summed E-state index contributed by atoms with van der Waals surface area (Å²) in [5.74, 6) is 0.164. The second kappa shape index (κ2) is 6.01. The Labute approximate surface area is 148 Å². The number of nitrogens with zero attached hydrogens (tertiary/aromatic N) is 4. The van der Waals surface area contributed by atoms with Gasteiger partial charge < -0.3 is 4.55 Å². The van der Waals surface area contributed by atoms with Crippen LogP contribution in [0.1, 0.15) is 6.42 Å². The molecule has 0 saturated carbocycles. The van der Waals surface area contributed by atoms with Gasteiger partial charge in [-0.25, -0.2) is 12.9 Å². The Morgan fingerprint density at radius 2 is 2.00 bits per heavy atom. The maximum absolute atomic E-state index is 12.3. The topological polar surface area (TPSA) is 90.6 Å². The molecule has 0 N–H and O–H groups in total. The largest absolute Gasteiger partial charge is 0.609 e. The van der Waals surface area contributed by atoms with Crippen LogP contribution in [0.3, 0.4) is 0 Å². The van der Waals surface area contributed by atoms with Crippen molar-refractivity contribution in [2.45, 2.75) is 11.6 Å². The first-order valence-electron chi connectivity index (χ1n) is 7.75. The molecule has 3 aromatic rings. The molecule has 1 saturated heterocycles. The van der Waals surface area contributed by atoms with E-state index in [1.165, 1.54) is 10.6 Å². The Balaban J connectivity index is 1.91. The summed E-state index contributed by atoms with van der Waals surface area (Å²) in [6.45, 7) is 0.474. The molecule has 1 aliphatic rings. The van der Waals surface area contributed by atoms with E-state index in [0.717, 1.165) is 16.8 Å². The lowest BCUT2D eigenvalue weighted by atomic mass is 10.1. The fourth-order valence-electron chi connectivity index (χ4n) is 3.04. The highest BCUT2D eigenvalue weighted by Crippen LogP contribution is 2.35. The number of anilines is 1. The van der Waals surface area contributed by atoms with Crippen molar-refractivity contribution in [2.24, 2.45) is 0 Å².